The van der Waals surface area contributed by atoms with E-state index in [0.29, 0.717) is 11.6 Å². The average molecular weight is 291 g/mol. The molecule has 4 heteroatoms. The van der Waals surface area contributed by atoms with Gasteiger partial charge in [0.2, 0.25) is 0 Å². The van der Waals surface area contributed by atoms with Crippen LogP contribution in [0.15, 0.2) is 22.7 Å². The maximum atomic E-state index is 10.5. The van der Waals surface area contributed by atoms with Gasteiger partial charge in [0, 0.05) is 16.6 Å². The van der Waals surface area contributed by atoms with Crippen molar-refractivity contribution in [2.75, 3.05) is 13.1 Å². The van der Waals surface area contributed by atoms with Gasteiger partial charge in [0.1, 0.15) is 5.60 Å². The summed E-state index contributed by atoms with van der Waals surface area (Å²) in [7, 11) is 0. The normalized spacial score (nSPS) is 26.6. The summed E-state index contributed by atoms with van der Waals surface area (Å²) in [6.07, 6.45) is 1.76. The molecule has 2 nitrogen and oxygen atoms in total. The van der Waals surface area contributed by atoms with Gasteiger partial charge in [0.25, 0.3) is 0 Å². The van der Waals surface area contributed by atoms with E-state index in [9.17, 15) is 5.11 Å². The van der Waals surface area contributed by atoms with Crippen molar-refractivity contribution < 1.29 is 5.11 Å². The monoisotopic (exact) mass is 289 g/mol. The molecule has 0 radical (unpaired) electrons. The quantitative estimate of drug-likeness (QED) is 0.833. The van der Waals surface area contributed by atoms with E-state index in [4.69, 9.17) is 11.6 Å². The van der Waals surface area contributed by atoms with Crippen molar-refractivity contribution in [1.29, 1.82) is 0 Å². The zero-order valence-electron chi connectivity index (χ0n) is 8.26. The lowest BCUT2D eigenvalue weighted by Gasteiger charge is -2.34. The first-order chi connectivity index (χ1) is 7.13. The smallest absolute Gasteiger partial charge is 0.103 e. The highest BCUT2D eigenvalue weighted by Gasteiger charge is 2.33. The van der Waals surface area contributed by atoms with E-state index in [1.54, 1.807) is 0 Å². The van der Waals surface area contributed by atoms with Gasteiger partial charge in [-0.15, -0.1) is 0 Å². The fraction of sp³-hybridized carbons (Fsp3) is 0.455. The zero-order chi connectivity index (χ0) is 10.9. The maximum absolute atomic E-state index is 10.5. The van der Waals surface area contributed by atoms with Crippen molar-refractivity contribution in [2.45, 2.75) is 18.4 Å². The first-order valence-electron chi connectivity index (χ1n) is 5.01. The number of hydrogen-bond acceptors (Lipinski definition) is 2. The molecule has 0 amide bonds. The van der Waals surface area contributed by atoms with Crippen LogP contribution in [0.25, 0.3) is 0 Å². The van der Waals surface area contributed by atoms with Gasteiger partial charge in [-0.1, -0.05) is 23.7 Å². The van der Waals surface area contributed by atoms with Gasteiger partial charge in [-0.25, -0.2) is 0 Å². The molecule has 1 aliphatic heterocycles. The largest absolute Gasteiger partial charge is 0.384 e. The number of benzene rings is 1. The molecule has 2 N–H and O–H groups in total. The third kappa shape index (κ3) is 2.21. The van der Waals surface area contributed by atoms with Crippen LogP contribution >= 0.6 is 27.5 Å². The predicted octanol–water partition coefficient (Wildman–Crippen LogP) is 2.67. The van der Waals surface area contributed by atoms with Crippen molar-refractivity contribution >= 4 is 27.5 Å². The second-order valence-corrected chi connectivity index (χ2v) is 5.11. The minimum Gasteiger partial charge on any atom is -0.384 e. The lowest BCUT2D eigenvalue weighted by atomic mass is 9.87. The molecule has 1 atom stereocenters. The predicted molar refractivity (Wildman–Crippen MR) is 65.2 cm³/mol. The molecule has 0 saturated carbocycles. The van der Waals surface area contributed by atoms with E-state index in [1.807, 2.05) is 18.2 Å². The molecule has 1 heterocycles. The molecule has 1 saturated heterocycles. The standard InChI is InChI=1S/C11H13BrClNO/c12-10-8(3-1-4-9(10)13)11(15)5-2-6-14-7-11/h1,3-4,14-15H,2,5-7H2. The Bertz CT molecular complexity index is 364. The molecule has 1 fully saturated rings. The second kappa shape index (κ2) is 4.42. The topological polar surface area (TPSA) is 32.3 Å². The van der Waals surface area contributed by atoms with Crippen LogP contribution in [0.3, 0.4) is 0 Å². The van der Waals surface area contributed by atoms with Gasteiger partial charge in [0.05, 0.1) is 5.02 Å². The summed E-state index contributed by atoms with van der Waals surface area (Å²) in [5, 5.41) is 14.3. The molecule has 15 heavy (non-hydrogen) atoms. The van der Waals surface area contributed by atoms with Crippen molar-refractivity contribution in [3.8, 4) is 0 Å². The third-order valence-electron chi connectivity index (χ3n) is 2.81. The number of piperidine rings is 1. The Labute approximate surface area is 103 Å². The summed E-state index contributed by atoms with van der Waals surface area (Å²) in [6, 6.07) is 5.60. The van der Waals surface area contributed by atoms with Crippen LogP contribution in [0, 0.1) is 0 Å². The van der Waals surface area contributed by atoms with Crippen LogP contribution in [-0.2, 0) is 5.60 Å². The minimum absolute atomic E-state index is 0.589. The highest BCUT2D eigenvalue weighted by Crippen LogP contribution is 2.36. The Morgan fingerprint density at radius 1 is 1.47 bits per heavy atom. The highest BCUT2D eigenvalue weighted by atomic mass is 79.9. The Hall–Kier alpha value is -0.0900. The highest BCUT2D eigenvalue weighted by molar-refractivity contribution is 9.10. The summed E-state index contributed by atoms with van der Waals surface area (Å²) in [5.74, 6) is 0. The van der Waals surface area contributed by atoms with Crippen LogP contribution in [-0.4, -0.2) is 18.2 Å². The van der Waals surface area contributed by atoms with E-state index in [-0.39, 0.29) is 0 Å². The van der Waals surface area contributed by atoms with E-state index in [0.717, 1.165) is 29.4 Å². The fourth-order valence-corrected chi connectivity index (χ4v) is 2.79. The lowest BCUT2D eigenvalue weighted by molar-refractivity contribution is 0.0116. The molecular weight excluding hydrogens is 277 g/mol. The number of nitrogens with one attached hydrogen (secondary N) is 1. The average Bonchev–Trinajstić information content (AvgIpc) is 2.23. The Morgan fingerprint density at radius 2 is 2.27 bits per heavy atom. The molecule has 1 unspecified atom stereocenters. The SMILES string of the molecule is OC1(c2cccc(Cl)c2Br)CCCNC1. The second-order valence-electron chi connectivity index (χ2n) is 3.91. The summed E-state index contributed by atoms with van der Waals surface area (Å²) < 4.78 is 0.804. The van der Waals surface area contributed by atoms with Gasteiger partial charge in [0.15, 0.2) is 0 Å². The molecule has 0 aliphatic carbocycles. The number of hydrogen-bond donors (Lipinski definition) is 2. The van der Waals surface area contributed by atoms with Gasteiger partial charge < -0.3 is 10.4 Å². The van der Waals surface area contributed by atoms with Gasteiger partial charge >= 0.3 is 0 Å². The molecule has 1 aliphatic rings. The van der Waals surface area contributed by atoms with Crippen molar-refractivity contribution in [3.63, 3.8) is 0 Å². The molecule has 2 rings (SSSR count). The van der Waals surface area contributed by atoms with E-state index in [1.165, 1.54) is 0 Å². The van der Waals surface area contributed by atoms with Gasteiger partial charge in [-0.2, -0.15) is 0 Å². The summed E-state index contributed by atoms with van der Waals surface area (Å²) >= 11 is 9.45. The van der Waals surface area contributed by atoms with Crippen LogP contribution in [0.1, 0.15) is 18.4 Å². The lowest BCUT2D eigenvalue weighted by Crippen LogP contribution is -2.43. The minimum atomic E-state index is -0.790. The van der Waals surface area contributed by atoms with Crippen molar-refractivity contribution in [2.24, 2.45) is 0 Å². The maximum Gasteiger partial charge on any atom is 0.103 e. The number of β-amino-alcohol motifs (C(OH)–C–C–N with tert-alkyl or cyclic N) is 1. The van der Waals surface area contributed by atoms with Gasteiger partial charge in [-0.3, -0.25) is 0 Å². The molecule has 0 bridgehead atoms. The summed E-state index contributed by atoms with van der Waals surface area (Å²) in [4.78, 5) is 0. The van der Waals surface area contributed by atoms with E-state index < -0.39 is 5.60 Å². The number of halogens is 2. The molecule has 0 aromatic heterocycles. The Balaban J connectivity index is 2.39. The van der Waals surface area contributed by atoms with Crippen LogP contribution in [0.2, 0.25) is 5.02 Å². The van der Waals surface area contributed by atoms with Crippen molar-refractivity contribution in [3.05, 3.63) is 33.3 Å². The molecule has 1 aromatic carbocycles. The van der Waals surface area contributed by atoms with Crippen LogP contribution in [0.4, 0.5) is 0 Å². The summed E-state index contributed by atoms with van der Waals surface area (Å²) in [5.41, 5.74) is 0.0873. The Kier molecular flexibility index (Phi) is 3.36. The first-order valence-corrected chi connectivity index (χ1v) is 6.18. The zero-order valence-corrected chi connectivity index (χ0v) is 10.6. The number of aliphatic hydroxyl groups is 1. The summed E-state index contributed by atoms with van der Waals surface area (Å²) in [6.45, 7) is 1.56. The molecule has 82 valence electrons. The number of rotatable bonds is 1. The van der Waals surface area contributed by atoms with Crippen LogP contribution in [0.5, 0.6) is 0 Å². The molecule has 1 aromatic rings. The van der Waals surface area contributed by atoms with Crippen molar-refractivity contribution in [1.82, 2.24) is 5.32 Å². The first kappa shape index (κ1) is 11.4. The van der Waals surface area contributed by atoms with Gasteiger partial charge in [-0.05, 0) is 41.4 Å². The Morgan fingerprint density at radius 3 is 2.93 bits per heavy atom. The van der Waals surface area contributed by atoms with Crippen LogP contribution < -0.4 is 5.32 Å². The fourth-order valence-electron chi connectivity index (χ4n) is 1.98. The molecular formula is C11H13BrClNO. The van der Waals surface area contributed by atoms with E-state index in [2.05, 4.69) is 21.2 Å². The third-order valence-corrected chi connectivity index (χ3v) is 4.21. The van der Waals surface area contributed by atoms with E-state index >= 15 is 0 Å². The molecule has 0 spiro atoms.